The Kier molecular flexibility index (Phi) is 6.59. The summed E-state index contributed by atoms with van der Waals surface area (Å²) in [5.74, 6) is 2.57. The number of hydrogen-bond donors (Lipinski definition) is 2. The van der Waals surface area contributed by atoms with Crippen molar-refractivity contribution in [2.75, 3.05) is 6.54 Å². The maximum Gasteiger partial charge on any atom is 0.191 e. The van der Waals surface area contributed by atoms with Crippen molar-refractivity contribution < 1.29 is 0 Å². The number of nitrogens with zero attached hydrogens (tertiary/aromatic N) is 4. The van der Waals surface area contributed by atoms with Gasteiger partial charge in [-0.05, 0) is 42.8 Å². The number of rotatable bonds is 7. The van der Waals surface area contributed by atoms with E-state index in [2.05, 4.69) is 69.5 Å². The second-order valence-corrected chi connectivity index (χ2v) is 7.46. The van der Waals surface area contributed by atoms with Crippen molar-refractivity contribution >= 4 is 17.3 Å². The van der Waals surface area contributed by atoms with Crippen LogP contribution in [0.2, 0.25) is 0 Å². The Balaban J connectivity index is 1.64. The van der Waals surface area contributed by atoms with Crippen LogP contribution in [-0.4, -0.2) is 27.3 Å². The van der Waals surface area contributed by atoms with Gasteiger partial charge in [0.05, 0.1) is 13.1 Å². The van der Waals surface area contributed by atoms with E-state index < -0.39 is 0 Å². The highest BCUT2D eigenvalue weighted by molar-refractivity contribution is 7.09. The summed E-state index contributed by atoms with van der Waals surface area (Å²) < 4.78 is 1.98. The van der Waals surface area contributed by atoms with Gasteiger partial charge in [-0.3, -0.25) is 0 Å². The molecule has 3 rings (SSSR count). The van der Waals surface area contributed by atoms with E-state index in [1.54, 1.807) is 11.3 Å². The molecular formula is C20H26N6S. The molecule has 7 heteroatoms. The molecule has 0 aliphatic carbocycles. The fraction of sp³-hybridized carbons (Fsp3) is 0.350. The summed E-state index contributed by atoms with van der Waals surface area (Å²) >= 11 is 1.78. The van der Waals surface area contributed by atoms with E-state index in [1.165, 1.54) is 16.0 Å². The monoisotopic (exact) mass is 382 g/mol. The Hall–Kier alpha value is -2.67. The van der Waals surface area contributed by atoms with Crippen molar-refractivity contribution in [1.82, 2.24) is 25.4 Å². The molecule has 0 fully saturated rings. The largest absolute Gasteiger partial charge is 0.356 e. The number of hydrogen-bond acceptors (Lipinski definition) is 4. The Morgan fingerprint density at radius 2 is 1.96 bits per heavy atom. The van der Waals surface area contributed by atoms with Crippen LogP contribution < -0.4 is 10.6 Å². The summed E-state index contributed by atoms with van der Waals surface area (Å²) in [6.45, 7) is 6.11. The summed E-state index contributed by atoms with van der Waals surface area (Å²) in [4.78, 5) is 6.13. The molecule has 0 unspecified atom stereocenters. The SMILES string of the molecule is Cc1ccccc1CN=C(NCCc1cccs1)NCc1nnc(C)n1C. The second-order valence-electron chi connectivity index (χ2n) is 6.42. The third kappa shape index (κ3) is 5.40. The Labute approximate surface area is 164 Å². The first-order chi connectivity index (χ1) is 13.1. The van der Waals surface area contributed by atoms with E-state index >= 15 is 0 Å². The normalized spacial score (nSPS) is 11.6. The van der Waals surface area contributed by atoms with E-state index in [1.807, 2.05) is 18.5 Å². The van der Waals surface area contributed by atoms with E-state index in [9.17, 15) is 0 Å². The predicted molar refractivity (Wildman–Crippen MR) is 111 cm³/mol. The van der Waals surface area contributed by atoms with Gasteiger partial charge >= 0.3 is 0 Å². The highest BCUT2D eigenvalue weighted by Gasteiger charge is 2.07. The van der Waals surface area contributed by atoms with Crippen molar-refractivity contribution in [3.63, 3.8) is 0 Å². The zero-order valence-electron chi connectivity index (χ0n) is 16.1. The number of nitrogens with one attached hydrogen (secondary N) is 2. The summed E-state index contributed by atoms with van der Waals surface area (Å²) in [7, 11) is 1.97. The molecule has 0 bridgehead atoms. The molecule has 0 amide bonds. The van der Waals surface area contributed by atoms with Gasteiger partial charge in [-0.2, -0.15) is 0 Å². The molecule has 0 aliphatic rings. The van der Waals surface area contributed by atoms with Gasteiger partial charge < -0.3 is 15.2 Å². The number of aryl methyl sites for hydroxylation is 2. The maximum absolute atomic E-state index is 4.77. The zero-order valence-corrected chi connectivity index (χ0v) is 16.9. The minimum absolute atomic E-state index is 0.579. The summed E-state index contributed by atoms with van der Waals surface area (Å²) in [6, 6.07) is 12.6. The van der Waals surface area contributed by atoms with Crippen LogP contribution >= 0.6 is 11.3 Å². The van der Waals surface area contributed by atoms with Crippen LogP contribution in [-0.2, 0) is 26.6 Å². The first-order valence-corrected chi connectivity index (χ1v) is 9.95. The van der Waals surface area contributed by atoms with Crippen LogP contribution in [0.1, 0.15) is 27.7 Å². The van der Waals surface area contributed by atoms with Gasteiger partial charge in [0.2, 0.25) is 0 Å². The number of aromatic nitrogens is 3. The van der Waals surface area contributed by atoms with Crippen molar-refractivity contribution in [1.29, 1.82) is 0 Å². The number of thiophene rings is 1. The van der Waals surface area contributed by atoms with Gasteiger partial charge in [0, 0.05) is 18.5 Å². The van der Waals surface area contributed by atoms with Crippen LogP contribution in [0.5, 0.6) is 0 Å². The minimum Gasteiger partial charge on any atom is -0.356 e. The van der Waals surface area contributed by atoms with Crippen molar-refractivity contribution in [2.45, 2.75) is 33.4 Å². The van der Waals surface area contributed by atoms with Crippen molar-refractivity contribution in [3.8, 4) is 0 Å². The highest BCUT2D eigenvalue weighted by atomic mass is 32.1. The fourth-order valence-electron chi connectivity index (χ4n) is 2.65. The maximum atomic E-state index is 4.77. The molecule has 6 nitrogen and oxygen atoms in total. The molecule has 1 aromatic carbocycles. The number of aliphatic imine (C=N–C) groups is 1. The third-order valence-electron chi connectivity index (χ3n) is 4.51. The van der Waals surface area contributed by atoms with Gasteiger partial charge in [-0.1, -0.05) is 30.3 Å². The van der Waals surface area contributed by atoms with Gasteiger partial charge in [0.15, 0.2) is 11.8 Å². The van der Waals surface area contributed by atoms with Crippen molar-refractivity contribution in [3.05, 3.63) is 69.4 Å². The van der Waals surface area contributed by atoms with Gasteiger partial charge in [0.1, 0.15) is 5.82 Å². The van der Waals surface area contributed by atoms with Crippen LogP contribution in [0, 0.1) is 13.8 Å². The molecule has 0 saturated heterocycles. The second kappa shape index (κ2) is 9.32. The lowest BCUT2D eigenvalue weighted by Crippen LogP contribution is -2.38. The van der Waals surface area contributed by atoms with Gasteiger partial charge in [0.25, 0.3) is 0 Å². The molecule has 0 atom stereocenters. The average molecular weight is 383 g/mol. The molecule has 0 radical (unpaired) electrons. The molecule has 3 aromatic rings. The Morgan fingerprint density at radius 3 is 2.67 bits per heavy atom. The quantitative estimate of drug-likeness (QED) is 0.487. The molecule has 0 spiro atoms. The molecule has 2 aromatic heterocycles. The number of guanidine groups is 1. The van der Waals surface area contributed by atoms with Gasteiger partial charge in [-0.25, -0.2) is 4.99 Å². The Bertz CT molecular complexity index is 882. The lowest BCUT2D eigenvalue weighted by atomic mass is 10.1. The molecule has 2 heterocycles. The van der Waals surface area contributed by atoms with Crippen LogP contribution in [0.4, 0.5) is 0 Å². The van der Waals surface area contributed by atoms with E-state index in [-0.39, 0.29) is 0 Å². The first-order valence-electron chi connectivity index (χ1n) is 9.07. The van der Waals surface area contributed by atoms with E-state index in [0.29, 0.717) is 13.1 Å². The minimum atomic E-state index is 0.579. The summed E-state index contributed by atoms with van der Waals surface area (Å²) in [5.41, 5.74) is 2.48. The lowest BCUT2D eigenvalue weighted by Gasteiger charge is -2.13. The fourth-order valence-corrected chi connectivity index (χ4v) is 3.36. The standard InChI is InChI=1S/C20H26N6S/c1-15-7-4-5-8-17(15)13-22-20(21-11-10-18-9-6-12-27-18)23-14-19-25-24-16(2)26(19)3/h4-9,12H,10-11,13-14H2,1-3H3,(H2,21,22,23). The smallest absolute Gasteiger partial charge is 0.191 e. The topological polar surface area (TPSA) is 67.1 Å². The molecule has 27 heavy (non-hydrogen) atoms. The van der Waals surface area contributed by atoms with Crippen LogP contribution in [0.25, 0.3) is 0 Å². The molecular weight excluding hydrogens is 356 g/mol. The lowest BCUT2D eigenvalue weighted by molar-refractivity contribution is 0.713. The van der Waals surface area contributed by atoms with Crippen LogP contribution in [0.3, 0.4) is 0 Å². The first kappa shape index (κ1) is 19.1. The zero-order chi connectivity index (χ0) is 19.1. The molecule has 2 N–H and O–H groups in total. The van der Waals surface area contributed by atoms with Gasteiger partial charge in [-0.15, -0.1) is 21.5 Å². The van der Waals surface area contributed by atoms with Crippen LogP contribution in [0.15, 0.2) is 46.8 Å². The average Bonchev–Trinajstić information content (AvgIpc) is 3.29. The summed E-state index contributed by atoms with van der Waals surface area (Å²) in [6.07, 6.45) is 0.978. The molecule has 0 aliphatic heterocycles. The highest BCUT2D eigenvalue weighted by Crippen LogP contribution is 2.09. The predicted octanol–water partition coefficient (Wildman–Crippen LogP) is 2.97. The van der Waals surface area contributed by atoms with E-state index in [4.69, 9.17) is 4.99 Å². The van der Waals surface area contributed by atoms with E-state index in [0.717, 1.165) is 30.6 Å². The third-order valence-corrected chi connectivity index (χ3v) is 5.45. The summed E-state index contributed by atoms with van der Waals surface area (Å²) in [5, 5.41) is 17.2. The number of benzene rings is 1. The Morgan fingerprint density at radius 1 is 1.11 bits per heavy atom. The van der Waals surface area contributed by atoms with Crippen molar-refractivity contribution in [2.24, 2.45) is 12.0 Å². The molecule has 142 valence electrons. The molecule has 0 saturated carbocycles.